The second-order valence-electron chi connectivity index (χ2n) is 5.67. The van der Waals surface area contributed by atoms with Crippen molar-refractivity contribution in [2.24, 2.45) is 11.8 Å². The number of fused-ring (bicyclic) bond motifs is 2. The lowest BCUT2D eigenvalue weighted by Crippen LogP contribution is -2.46. The summed E-state index contributed by atoms with van der Waals surface area (Å²) >= 11 is 0. The van der Waals surface area contributed by atoms with E-state index in [0.717, 1.165) is 38.5 Å². The fraction of sp³-hybridized carbons (Fsp3) is 0.846. The number of nitrogens with one attached hydrogen (secondary N) is 1. The van der Waals surface area contributed by atoms with Gasteiger partial charge < -0.3 is 15.2 Å². The van der Waals surface area contributed by atoms with E-state index in [4.69, 9.17) is 4.74 Å². The van der Waals surface area contributed by atoms with E-state index < -0.39 is 17.8 Å². The van der Waals surface area contributed by atoms with Crippen molar-refractivity contribution in [1.82, 2.24) is 5.32 Å². The number of carboxylic acids is 1. The Balaban J connectivity index is 1.69. The zero-order chi connectivity index (χ0) is 12.7. The Kier molecular flexibility index (Phi) is 3.01. The number of carbonyl (C=O) groups excluding carboxylic acids is 1. The van der Waals surface area contributed by atoms with Crippen LogP contribution in [0.3, 0.4) is 0 Å². The van der Waals surface area contributed by atoms with Crippen LogP contribution in [-0.2, 0) is 14.3 Å². The topological polar surface area (TPSA) is 75.6 Å². The fourth-order valence-corrected chi connectivity index (χ4v) is 3.69. The largest absolute Gasteiger partial charge is 0.481 e. The molecule has 3 rings (SSSR count). The third kappa shape index (κ3) is 1.90. The Bertz CT molecular complexity index is 364. The maximum Gasteiger partial charge on any atom is 0.310 e. The van der Waals surface area contributed by atoms with E-state index in [-0.39, 0.29) is 24.2 Å². The number of aliphatic carboxylic acids is 1. The van der Waals surface area contributed by atoms with Crippen molar-refractivity contribution >= 4 is 11.9 Å². The summed E-state index contributed by atoms with van der Waals surface area (Å²) in [6.07, 6.45) is 5.49. The molecular formula is C13H19NO4. The van der Waals surface area contributed by atoms with Crippen molar-refractivity contribution in [1.29, 1.82) is 0 Å². The summed E-state index contributed by atoms with van der Waals surface area (Å²) < 4.78 is 5.60. The first kappa shape index (κ1) is 12.0. The van der Waals surface area contributed by atoms with E-state index in [9.17, 15) is 14.7 Å². The molecule has 5 heteroatoms. The number of hydrogen-bond donors (Lipinski definition) is 2. The van der Waals surface area contributed by atoms with E-state index in [1.165, 1.54) is 0 Å². The van der Waals surface area contributed by atoms with Gasteiger partial charge in [-0.05, 0) is 25.7 Å². The second kappa shape index (κ2) is 4.53. The van der Waals surface area contributed by atoms with Crippen LogP contribution < -0.4 is 5.32 Å². The molecule has 0 radical (unpaired) electrons. The van der Waals surface area contributed by atoms with Crippen LogP contribution in [0.5, 0.6) is 0 Å². The highest BCUT2D eigenvalue weighted by atomic mass is 16.5. The van der Waals surface area contributed by atoms with Crippen molar-refractivity contribution in [3.8, 4) is 0 Å². The first-order valence-electron chi connectivity index (χ1n) is 6.85. The van der Waals surface area contributed by atoms with Crippen LogP contribution in [0.2, 0.25) is 0 Å². The van der Waals surface area contributed by atoms with Crippen molar-refractivity contribution in [2.75, 3.05) is 0 Å². The van der Waals surface area contributed by atoms with E-state index in [1.807, 2.05) is 0 Å². The van der Waals surface area contributed by atoms with E-state index >= 15 is 0 Å². The minimum atomic E-state index is -0.895. The van der Waals surface area contributed by atoms with Gasteiger partial charge in [0.2, 0.25) is 5.91 Å². The Morgan fingerprint density at radius 3 is 2.22 bits per heavy atom. The summed E-state index contributed by atoms with van der Waals surface area (Å²) in [6.45, 7) is 0. The molecule has 0 aromatic carbocycles. The third-order valence-corrected chi connectivity index (χ3v) is 4.56. The maximum absolute atomic E-state index is 12.3. The molecule has 100 valence electrons. The molecule has 2 aliphatic heterocycles. The molecular weight excluding hydrogens is 234 g/mol. The molecule has 0 spiro atoms. The minimum absolute atomic E-state index is 0.110. The van der Waals surface area contributed by atoms with Crippen molar-refractivity contribution in [3.05, 3.63) is 0 Å². The van der Waals surface area contributed by atoms with Gasteiger partial charge in [-0.15, -0.1) is 0 Å². The van der Waals surface area contributed by atoms with Crippen LogP contribution in [0.1, 0.15) is 38.5 Å². The van der Waals surface area contributed by atoms with Crippen LogP contribution in [0.25, 0.3) is 0 Å². The number of hydrogen-bond acceptors (Lipinski definition) is 3. The number of rotatable bonds is 3. The van der Waals surface area contributed by atoms with Crippen molar-refractivity contribution in [3.63, 3.8) is 0 Å². The van der Waals surface area contributed by atoms with Gasteiger partial charge in [-0.2, -0.15) is 0 Å². The average molecular weight is 253 g/mol. The molecule has 3 aliphatic rings. The predicted molar refractivity (Wildman–Crippen MR) is 62.9 cm³/mol. The highest BCUT2D eigenvalue weighted by Gasteiger charge is 2.55. The number of carbonyl (C=O) groups is 2. The SMILES string of the molecule is O=C(NC1CCCC1)[C@@H]1[C@H](C(=O)O)[C@H]2CC[C@@H]1O2. The molecule has 1 amide bonds. The van der Waals surface area contributed by atoms with Gasteiger partial charge in [0, 0.05) is 6.04 Å². The normalized spacial score (nSPS) is 39.1. The average Bonchev–Trinajstić information content (AvgIpc) is 3.03. The zero-order valence-electron chi connectivity index (χ0n) is 10.3. The second-order valence-corrected chi connectivity index (χ2v) is 5.67. The van der Waals surface area contributed by atoms with Crippen molar-refractivity contribution < 1.29 is 19.4 Å². The summed E-state index contributed by atoms with van der Waals surface area (Å²) in [5, 5.41) is 12.3. The van der Waals surface area contributed by atoms with Crippen LogP contribution in [-0.4, -0.2) is 35.2 Å². The van der Waals surface area contributed by atoms with Gasteiger partial charge in [-0.25, -0.2) is 0 Å². The number of carboxylic acid groups (broad SMARTS) is 1. The molecule has 2 saturated heterocycles. The molecule has 3 fully saturated rings. The molecule has 1 saturated carbocycles. The summed E-state index contributed by atoms with van der Waals surface area (Å²) in [7, 11) is 0. The highest BCUT2D eigenvalue weighted by molar-refractivity contribution is 5.86. The predicted octanol–water partition coefficient (Wildman–Crippen LogP) is 0.923. The maximum atomic E-state index is 12.3. The van der Waals surface area contributed by atoms with E-state index in [2.05, 4.69) is 5.32 Å². The van der Waals surface area contributed by atoms with E-state index in [1.54, 1.807) is 0 Å². The van der Waals surface area contributed by atoms with Crippen LogP contribution in [0.4, 0.5) is 0 Å². The smallest absolute Gasteiger partial charge is 0.310 e. The number of ether oxygens (including phenoxy) is 1. The summed E-state index contributed by atoms with van der Waals surface area (Å²) in [5.41, 5.74) is 0. The molecule has 0 unspecified atom stereocenters. The summed E-state index contributed by atoms with van der Waals surface area (Å²) in [6, 6.07) is 0.242. The lowest BCUT2D eigenvalue weighted by Gasteiger charge is -2.25. The Morgan fingerprint density at radius 2 is 1.61 bits per heavy atom. The molecule has 0 aromatic heterocycles. The Hall–Kier alpha value is -1.10. The molecule has 2 bridgehead atoms. The lowest BCUT2D eigenvalue weighted by molar-refractivity contribution is -0.148. The molecule has 5 nitrogen and oxygen atoms in total. The molecule has 2 heterocycles. The van der Waals surface area contributed by atoms with Gasteiger partial charge in [-0.1, -0.05) is 12.8 Å². The fourth-order valence-electron chi connectivity index (χ4n) is 3.69. The van der Waals surface area contributed by atoms with Crippen LogP contribution in [0, 0.1) is 11.8 Å². The van der Waals surface area contributed by atoms with Gasteiger partial charge in [0.05, 0.1) is 24.0 Å². The Labute approximate surface area is 106 Å². The standard InChI is InChI=1S/C13H19NO4/c15-12(14-7-3-1-2-4-7)10-8-5-6-9(18-8)11(10)13(16)17/h7-11H,1-6H2,(H,14,15)(H,16,17)/t8-,9+,10-,11+/m0/s1. The number of amides is 1. The lowest BCUT2D eigenvalue weighted by atomic mass is 9.78. The quantitative estimate of drug-likeness (QED) is 0.784. The van der Waals surface area contributed by atoms with E-state index in [0.29, 0.717) is 0 Å². The molecule has 2 N–H and O–H groups in total. The monoisotopic (exact) mass is 253 g/mol. The van der Waals surface area contributed by atoms with Crippen LogP contribution in [0.15, 0.2) is 0 Å². The van der Waals surface area contributed by atoms with Gasteiger partial charge in [-0.3, -0.25) is 9.59 Å². The molecule has 4 atom stereocenters. The minimum Gasteiger partial charge on any atom is -0.481 e. The molecule has 18 heavy (non-hydrogen) atoms. The molecule has 0 aromatic rings. The summed E-state index contributed by atoms with van der Waals surface area (Å²) in [5.74, 6) is -2.14. The highest BCUT2D eigenvalue weighted by Crippen LogP contribution is 2.43. The first-order valence-corrected chi connectivity index (χ1v) is 6.85. The van der Waals surface area contributed by atoms with Gasteiger partial charge in [0.25, 0.3) is 0 Å². The van der Waals surface area contributed by atoms with Crippen LogP contribution >= 0.6 is 0 Å². The van der Waals surface area contributed by atoms with Gasteiger partial charge >= 0.3 is 5.97 Å². The zero-order valence-corrected chi connectivity index (χ0v) is 10.3. The van der Waals surface area contributed by atoms with Crippen molar-refractivity contribution in [2.45, 2.75) is 56.8 Å². The van der Waals surface area contributed by atoms with Gasteiger partial charge in [0.15, 0.2) is 0 Å². The summed E-state index contributed by atoms with van der Waals surface area (Å²) in [4.78, 5) is 23.5. The Morgan fingerprint density at radius 1 is 1.00 bits per heavy atom. The third-order valence-electron chi connectivity index (χ3n) is 4.56. The van der Waals surface area contributed by atoms with Gasteiger partial charge in [0.1, 0.15) is 0 Å². The molecule has 1 aliphatic carbocycles. The first-order chi connectivity index (χ1) is 8.66.